The van der Waals surface area contributed by atoms with E-state index in [1.807, 2.05) is 29.2 Å². The molecule has 0 spiro atoms. The van der Waals surface area contributed by atoms with Gasteiger partial charge in [-0.25, -0.2) is 0 Å². The van der Waals surface area contributed by atoms with Crippen LogP contribution < -0.4 is 10.1 Å². The van der Waals surface area contributed by atoms with Gasteiger partial charge >= 0.3 is 0 Å². The lowest BCUT2D eigenvalue weighted by atomic mass is 10.1. The first-order chi connectivity index (χ1) is 11.7. The van der Waals surface area contributed by atoms with Gasteiger partial charge in [-0.05, 0) is 30.9 Å². The van der Waals surface area contributed by atoms with E-state index in [-0.39, 0.29) is 18.3 Å². The Morgan fingerprint density at radius 2 is 1.96 bits per heavy atom. The summed E-state index contributed by atoms with van der Waals surface area (Å²) >= 11 is 1.53. The Balaban J connectivity index is 0.00000182. The number of fused-ring (bicyclic) bond motifs is 2. The Bertz CT molecular complexity index is 734. The van der Waals surface area contributed by atoms with Crippen molar-refractivity contribution in [2.45, 2.75) is 31.3 Å². The first-order valence-corrected chi connectivity index (χ1v) is 9.35. The van der Waals surface area contributed by atoms with E-state index in [2.05, 4.69) is 17.4 Å². The van der Waals surface area contributed by atoms with E-state index < -0.39 is 0 Å². The Morgan fingerprint density at radius 1 is 1.20 bits per heavy atom. The van der Waals surface area contributed by atoms with Crippen LogP contribution in [0.5, 0.6) is 5.75 Å². The highest BCUT2D eigenvalue weighted by molar-refractivity contribution is 7.17. The monoisotopic (exact) mass is 378 g/mol. The van der Waals surface area contributed by atoms with Gasteiger partial charge in [-0.3, -0.25) is 4.79 Å². The van der Waals surface area contributed by atoms with E-state index in [9.17, 15) is 4.79 Å². The molecule has 2 atom stereocenters. The van der Waals surface area contributed by atoms with Crippen LogP contribution in [-0.2, 0) is 0 Å². The third-order valence-corrected chi connectivity index (χ3v) is 6.13. The lowest BCUT2D eigenvalue weighted by Crippen LogP contribution is -2.38. The molecule has 0 radical (unpaired) electrons. The molecule has 2 fully saturated rings. The molecular weight excluding hydrogens is 356 g/mol. The Labute approximate surface area is 158 Å². The summed E-state index contributed by atoms with van der Waals surface area (Å²) in [5.41, 5.74) is 1.12. The number of nitrogens with one attached hydrogen (secondary N) is 1. The number of carbonyl (C=O) groups is 1. The predicted octanol–water partition coefficient (Wildman–Crippen LogP) is 3.81. The lowest BCUT2D eigenvalue weighted by Gasteiger charge is -2.24. The van der Waals surface area contributed by atoms with Gasteiger partial charge < -0.3 is 15.0 Å². The Morgan fingerprint density at radius 3 is 2.72 bits per heavy atom. The van der Waals surface area contributed by atoms with Gasteiger partial charge in [0, 0.05) is 30.1 Å². The van der Waals surface area contributed by atoms with Gasteiger partial charge in [-0.2, -0.15) is 0 Å². The molecule has 2 aliphatic heterocycles. The fourth-order valence-electron chi connectivity index (χ4n) is 3.69. The fraction of sp³-hybridized carbons (Fsp3) is 0.421. The van der Waals surface area contributed by atoms with Crippen LogP contribution >= 0.6 is 23.7 Å². The quantitative estimate of drug-likeness (QED) is 0.882. The summed E-state index contributed by atoms with van der Waals surface area (Å²) in [6.45, 7) is 1.63. The molecule has 2 aromatic rings. The molecule has 1 amide bonds. The topological polar surface area (TPSA) is 41.6 Å². The second-order valence-electron chi connectivity index (χ2n) is 6.55. The maximum atomic E-state index is 13.1. The van der Waals surface area contributed by atoms with Crippen LogP contribution in [0.15, 0.2) is 36.4 Å². The van der Waals surface area contributed by atoms with Gasteiger partial charge in [-0.1, -0.05) is 30.3 Å². The summed E-state index contributed by atoms with van der Waals surface area (Å²) < 4.78 is 5.50. The number of rotatable bonds is 3. The lowest BCUT2D eigenvalue weighted by molar-refractivity contribution is 0.0750. The molecule has 0 aliphatic carbocycles. The highest BCUT2D eigenvalue weighted by atomic mass is 35.5. The fourth-order valence-corrected chi connectivity index (χ4v) is 4.79. The van der Waals surface area contributed by atoms with Crippen LogP contribution in [0.1, 0.15) is 28.9 Å². The van der Waals surface area contributed by atoms with E-state index in [0.29, 0.717) is 22.7 Å². The number of halogens is 1. The van der Waals surface area contributed by atoms with Gasteiger partial charge in [0.25, 0.3) is 5.91 Å². The number of methoxy groups -OCH3 is 1. The van der Waals surface area contributed by atoms with Crippen molar-refractivity contribution in [3.63, 3.8) is 0 Å². The predicted molar refractivity (Wildman–Crippen MR) is 104 cm³/mol. The van der Waals surface area contributed by atoms with Crippen LogP contribution in [0.4, 0.5) is 0 Å². The van der Waals surface area contributed by atoms with Crippen molar-refractivity contribution in [1.82, 2.24) is 10.2 Å². The molecular formula is C19H23ClN2O2S. The van der Waals surface area contributed by atoms with Gasteiger partial charge in [0.2, 0.25) is 0 Å². The van der Waals surface area contributed by atoms with Crippen molar-refractivity contribution in [1.29, 1.82) is 0 Å². The molecule has 4 nitrogen and oxygen atoms in total. The van der Waals surface area contributed by atoms with E-state index >= 15 is 0 Å². The standard InChI is InChI=1S/C19H22N2O2S.ClH/c1-23-16-11-17(13-5-3-2-4-6-13)24-18(16)19(22)21-10-9-14-7-8-15(12-21)20-14;/h2-6,11,14-15,20H,7-10,12H2,1H3;1H. The minimum Gasteiger partial charge on any atom is -0.495 e. The average molecular weight is 379 g/mol. The highest BCUT2D eigenvalue weighted by Crippen LogP contribution is 2.37. The number of hydrogen-bond donors (Lipinski definition) is 1. The summed E-state index contributed by atoms with van der Waals surface area (Å²) in [6.07, 6.45) is 3.46. The molecule has 1 aromatic heterocycles. The molecule has 0 saturated carbocycles. The summed E-state index contributed by atoms with van der Waals surface area (Å²) in [5.74, 6) is 0.791. The Hall–Kier alpha value is -1.56. The number of thiophene rings is 1. The van der Waals surface area contributed by atoms with E-state index in [4.69, 9.17) is 4.74 Å². The Kier molecular flexibility index (Phi) is 5.67. The summed E-state index contributed by atoms with van der Waals surface area (Å²) in [5, 5.41) is 3.63. The second kappa shape index (κ2) is 7.77. The molecule has 25 heavy (non-hydrogen) atoms. The van der Waals surface area contributed by atoms with Crippen molar-refractivity contribution >= 4 is 29.7 Å². The zero-order chi connectivity index (χ0) is 16.5. The molecule has 3 heterocycles. The molecule has 2 bridgehead atoms. The number of benzene rings is 1. The SMILES string of the molecule is COc1cc(-c2ccccc2)sc1C(=O)N1CCC2CCC(C1)N2.Cl. The first kappa shape index (κ1) is 18.2. The van der Waals surface area contributed by atoms with Gasteiger partial charge in [0.05, 0.1) is 7.11 Å². The van der Waals surface area contributed by atoms with Gasteiger partial charge in [0.15, 0.2) is 0 Å². The van der Waals surface area contributed by atoms with Crippen LogP contribution in [0.2, 0.25) is 0 Å². The molecule has 6 heteroatoms. The third kappa shape index (κ3) is 3.68. The summed E-state index contributed by atoms with van der Waals surface area (Å²) in [7, 11) is 1.64. The first-order valence-electron chi connectivity index (χ1n) is 8.53. The van der Waals surface area contributed by atoms with Crippen LogP contribution in [0.25, 0.3) is 10.4 Å². The zero-order valence-electron chi connectivity index (χ0n) is 14.2. The zero-order valence-corrected chi connectivity index (χ0v) is 15.9. The number of carbonyl (C=O) groups excluding carboxylic acids is 1. The highest BCUT2D eigenvalue weighted by Gasteiger charge is 2.33. The number of hydrogen-bond acceptors (Lipinski definition) is 4. The normalized spacial score (nSPS) is 22.2. The largest absolute Gasteiger partial charge is 0.495 e. The summed E-state index contributed by atoms with van der Waals surface area (Å²) in [4.78, 5) is 16.9. The number of nitrogens with zero attached hydrogens (tertiary/aromatic N) is 1. The van der Waals surface area contributed by atoms with Crippen molar-refractivity contribution in [3.8, 4) is 16.2 Å². The number of ether oxygens (including phenoxy) is 1. The van der Waals surface area contributed by atoms with Gasteiger partial charge in [0.1, 0.15) is 10.6 Å². The minimum absolute atomic E-state index is 0. The smallest absolute Gasteiger partial charge is 0.267 e. The molecule has 2 saturated heterocycles. The average Bonchev–Trinajstić information content (AvgIpc) is 3.18. The van der Waals surface area contributed by atoms with Crippen molar-refractivity contribution in [3.05, 3.63) is 41.3 Å². The molecule has 2 aliphatic rings. The van der Waals surface area contributed by atoms with E-state index in [1.54, 1.807) is 7.11 Å². The number of amides is 1. The van der Waals surface area contributed by atoms with Gasteiger partial charge in [-0.15, -0.1) is 23.7 Å². The van der Waals surface area contributed by atoms with Crippen LogP contribution in [0, 0.1) is 0 Å². The third-order valence-electron chi connectivity index (χ3n) is 4.98. The molecule has 1 N–H and O–H groups in total. The van der Waals surface area contributed by atoms with Crippen molar-refractivity contribution < 1.29 is 9.53 Å². The maximum absolute atomic E-state index is 13.1. The van der Waals surface area contributed by atoms with Crippen molar-refractivity contribution in [2.24, 2.45) is 0 Å². The van der Waals surface area contributed by atoms with E-state index in [0.717, 1.165) is 30.0 Å². The van der Waals surface area contributed by atoms with Crippen LogP contribution in [-0.4, -0.2) is 43.1 Å². The molecule has 134 valence electrons. The second-order valence-corrected chi connectivity index (χ2v) is 7.60. The summed E-state index contributed by atoms with van der Waals surface area (Å²) in [6, 6.07) is 13.2. The molecule has 2 unspecified atom stereocenters. The molecule has 1 aromatic carbocycles. The minimum atomic E-state index is 0. The van der Waals surface area contributed by atoms with Crippen molar-refractivity contribution in [2.75, 3.05) is 20.2 Å². The number of likely N-dealkylation sites (tertiary alicyclic amines) is 1. The molecule has 4 rings (SSSR count). The van der Waals surface area contributed by atoms with E-state index in [1.165, 1.54) is 24.2 Å². The van der Waals surface area contributed by atoms with Crippen LogP contribution in [0.3, 0.4) is 0 Å². The maximum Gasteiger partial charge on any atom is 0.267 e.